The molecular weight excluding hydrogens is 322 g/mol. The number of carbonyl (C=O) groups excluding carboxylic acids is 1. The lowest BCUT2D eigenvalue weighted by Crippen LogP contribution is -2.54. The zero-order chi connectivity index (χ0) is 15.9. The number of aromatic nitrogens is 1. The summed E-state index contributed by atoms with van der Waals surface area (Å²) in [4.78, 5) is 15.2. The Kier molecular flexibility index (Phi) is 4.01. The van der Waals surface area contributed by atoms with E-state index in [0.29, 0.717) is 28.9 Å². The van der Waals surface area contributed by atoms with Crippen molar-refractivity contribution in [3.8, 4) is 10.6 Å². The fourth-order valence-electron chi connectivity index (χ4n) is 2.65. The Morgan fingerprint density at radius 1 is 1.55 bits per heavy atom. The minimum atomic E-state index is -0.113. The first kappa shape index (κ1) is 15.5. The summed E-state index contributed by atoms with van der Waals surface area (Å²) in [6.07, 6.45) is 0.796. The molecule has 0 saturated carbocycles. The molecule has 0 aliphatic carbocycles. The average molecular weight is 340 g/mol. The smallest absolute Gasteiger partial charge is 0.276 e. The molecule has 1 fully saturated rings. The van der Waals surface area contributed by atoms with Gasteiger partial charge >= 0.3 is 0 Å². The Labute approximate surface area is 138 Å². The van der Waals surface area contributed by atoms with Crippen LogP contribution in [0.2, 0.25) is 4.34 Å². The van der Waals surface area contributed by atoms with Gasteiger partial charge in [-0.15, -0.1) is 11.3 Å². The number of nitrogens with zero attached hydrogens (tertiary/aromatic N) is 2. The Hall–Kier alpha value is -1.37. The van der Waals surface area contributed by atoms with E-state index in [1.54, 1.807) is 17.0 Å². The number of halogens is 1. The number of thiophene rings is 1. The molecule has 1 unspecified atom stereocenters. The molecule has 1 atom stereocenters. The topological polar surface area (TPSA) is 72.4 Å². The van der Waals surface area contributed by atoms with Crippen molar-refractivity contribution in [1.29, 1.82) is 0 Å². The molecule has 3 heterocycles. The zero-order valence-corrected chi connectivity index (χ0v) is 14.1. The third-order valence-corrected chi connectivity index (χ3v) is 5.39. The summed E-state index contributed by atoms with van der Waals surface area (Å²) >= 11 is 7.31. The van der Waals surface area contributed by atoms with Crippen molar-refractivity contribution in [2.75, 3.05) is 13.1 Å². The molecule has 22 heavy (non-hydrogen) atoms. The summed E-state index contributed by atoms with van der Waals surface area (Å²) in [6.45, 7) is 5.44. The Balaban J connectivity index is 1.77. The molecule has 1 amide bonds. The number of amides is 1. The summed E-state index contributed by atoms with van der Waals surface area (Å²) in [5, 5.41) is 3.91. The van der Waals surface area contributed by atoms with Gasteiger partial charge in [-0.25, -0.2) is 0 Å². The van der Waals surface area contributed by atoms with E-state index in [9.17, 15) is 4.79 Å². The van der Waals surface area contributed by atoms with E-state index < -0.39 is 0 Å². The molecule has 0 aromatic carbocycles. The van der Waals surface area contributed by atoms with E-state index in [0.717, 1.165) is 11.3 Å². The SMILES string of the molecule is CC1(C)CN(C(=O)c2cc(-c3ccc(Cl)s3)on2)CCC1N. The first-order valence-corrected chi connectivity index (χ1v) is 8.33. The van der Waals surface area contributed by atoms with Gasteiger partial charge in [0.1, 0.15) is 0 Å². The van der Waals surface area contributed by atoms with Gasteiger partial charge in [0, 0.05) is 25.2 Å². The van der Waals surface area contributed by atoms with Gasteiger partial charge in [-0.05, 0) is 24.0 Å². The lowest BCUT2D eigenvalue weighted by Gasteiger charge is -2.42. The molecule has 3 rings (SSSR count). The molecule has 2 aromatic heterocycles. The molecule has 1 aliphatic heterocycles. The van der Waals surface area contributed by atoms with Crippen LogP contribution < -0.4 is 5.73 Å². The van der Waals surface area contributed by atoms with Gasteiger partial charge in [0.15, 0.2) is 11.5 Å². The summed E-state index contributed by atoms with van der Waals surface area (Å²) in [7, 11) is 0. The maximum Gasteiger partial charge on any atom is 0.276 e. The predicted molar refractivity (Wildman–Crippen MR) is 87.1 cm³/mol. The first-order chi connectivity index (χ1) is 10.4. The van der Waals surface area contributed by atoms with Crippen LogP contribution in [0.25, 0.3) is 10.6 Å². The number of hydrogen-bond donors (Lipinski definition) is 1. The highest BCUT2D eigenvalue weighted by atomic mass is 35.5. The Morgan fingerprint density at radius 2 is 2.32 bits per heavy atom. The van der Waals surface area contributed by atoms with Crippen LogP contribution >= 0.6 is 22.9 Å². The fourth-order valence-corrected chi connectivity index (χ4v) is 3.64. The van der Waals surface area contributed by atoms with Crippen LogP contribution in [-0.2, 0) is 0 Å². The van der Waals surface area contributed by atoms with E-state index in [1.165, 1.54) is 11.3 Å². The highest BCUT2D eigenvalue weighted by Crippen LogP contribution is 2.32. The third kappa shape index (κ3) is 2.91. The van der Waals surface area contributed by atoms with Gasteiger partial charge in [-0.2, -0.15) is 0 Å². The molecule has 7 heteroatoms. The van der Waals surface area contributed by atoms with Crippen LogP contribution in [0, 0.1) is 5.41 Å². The van der Waals surface area contributed by atoms with Crippen molar-refractivity contribution in [2.24, 2.45) is 11.1 Å². The van der Waals surface area contributed by atoms with Crippen LogP contribution in [0.5, 0.6) is 0 Å². The highest BCUT2D eigenvalue weighted by molar-refractivity contribution is 7.19. The van der Waals surface area contributed by atoms with E-state index in [4.69, 9.17) is 21.9 Å². The van der Waals surface area contributed by atoms with E-state index in [2.05, 4.69) is 19.0 Å². The molecule has 0 radical (unpaired) electrons. The fraction of sp³-hybridized carbons (Fsp3) is 0.467. The van der Waals surface area contributed by atoms with Crippen molar-refractivity contribution in [3.63, 3.8) is 0 Å². The second-order valence-corrected chi connectivity index (χ2v) is 8.01. The lowest BCUT2D eigenvalue weighted by molar-refractivity contribution is 0.0523. The molecule has 118 valence electrons. The van der Waals surface area contributed by atoms with Crippen LogP contribution in [0.4, 0.5) is 0 Å². The second kappa shape index (κ2) is 5.68. The number of carbonyl (C=O) groups is 1. The first-order valence-electron chi connectivity index (χ1n) is 7.14. The largest absolute Gasteiger partial charge is 0.355 e. The normalized spacial score (nSPS) is 21.1. The van der Waals surface area contributed by atoms with Crippen molar-refractivity contribution >= 4 is 28.8 Å². The minimum absolute atomic E-state index is 0.0955. The lowest BCUT2D eigenvalue weighted by atomic mass is 9.79. The maximum absolute atomic E-state index is 12.6. The van der Waals surface area contributed by atoms with Gasteiger partial charge in [0.2, 0.25) is 0 Å². The zero-order valence-electron chi connectivity index (χ0n) is 12.5. The molecule has 5 nitrogen and oxygen atoms in total. The molecule has 2 aromatic rings. The maximum atomic E-state index is 12.6. The van der Waals surface area contributed by atoms with Crippen LogP contribution in [0.3, 0.4) is 0 Å². The number of piperidine rings is 1. The Morgan fingerprint density at radius 3 is 2.95 bits per heavy atom. The predicted octanol–water partition coefficient (Wildman–Crippen LogP) is 3.26. The monoisotopic (exact) mass is 339 g/mol. The quantitative estimate of drug-likeness (QED) is 0.911. The minimum Gasteiger partial charge on any atom is -0.355 e. The summed E-state index contributed by atoms with van der Waals surface area (Å²) in [5.41, 5.74) is 6.34. The molecule has 1 saturated heterocycles. The van der Waals surface area contributed by atoms with Gasteiger partial charge in [0.05, 0.1) is 9.21 Å². The van der Waals surface area contributed by atoms with Crippen LogP contribution in [0.15, 0.2) is 22.7 Å². The van der Waals surface area contributed by atoms with E-state index in [-0.39, 0.29) is 17.4 Å². The molecule has 2 N–H and O–H groups in total. The molecule has 0 bridgehead atoms. The molecule has 1 aliphatic rings. The van der Waals surface area contributed by atoms with Crippen molar-refractivity contribution in [3.05, 3.63) is 28.2 Å². The summed E-state index contributed by atoms with van der Waals surface area (Å²) in [6, 6.07) is 5.43. The molecule has 0 spiro atoms. The van der Waals surface area contributed by atoms with Crippen molar-refractivity contribution < 1.29 is 9.32 Å². The van der Waals surface area contributed by atoms with Gasteiger partial charge in [0.25, 0.3) is 5.91 Å². The molecular formula is C15H18ClN3O2S. The van der Waals surface area contributed by atoms with Crippen LogP contribution in [0.1, 0.15) is 30.8 Å². The van der Waals surface area contributed by atoms with Gasteiger partial charge in [-0.1, -0.05) is 30.6 Å². The number of nitrogens with two attached hydrogens (primary N) is 1. The number of rotatable bonds is 2. The van der Waals surface area contributed by atoms with E-state index >= 15 is 0 Å². The summed E-state index contributed by atoms with van der Waals surface area (Å²) in [5.74, 6) is 0.450. The Bertz CT molecular complexity index is 695. The average Bonchev–Trinajstić information content (AvgIpc) is 3.09. The van der Waals surface area contributed by atoms with Crippen molar-refractivity contribution in [2.45, 2.75) is 26.3 Å². The second-order valence-electron chi connectivity index (χ2n) is 6.29. The summed E-state index contributed by atoms with van der Waals surface area (Å²) < 4.78 is 5.95. The number of hydrogen-bond acceptors (Lipinski definition) is 5. The number of likely N-dealkylation sites (tertiary alicyclic amines) is 1. The van der Waals surface area contributed by atoms with E-state index in [1.807, 2.05) is 6.07 Å². The van der Waals surface area contributed by atoms with Gasteiger partial charge in [-0.3, -0.25) is 4.79 Å². The van der Waals surface area contributed by atoms with Gasteiger partial charge < -0.3 is 15.2 Å². The third-order valence-electron chi connectivity index (χ3n) is 4.14. The highest BCUT2D eigenvalue weighted by Gasteiger charge is 2.36. The van der Waals surface area contributed by atoms with Crippen molar-refractivity contribution in [1.82, 2.24) is 10.1 Å². The van der Waals surface area contributed by atoms with Crippen LogP contribution in [-0.4, -0.2) is 35.1 Å². The standard InChI is InChI=1S/C15H18ClN3O2S/c1-15(2)8-19(6-5-12(15)17)14(20)9-7-10(21-18-9)11-3-4-13(16)22-11/h3-4,7,12H,5-6,8,17H2,1-2H3.